The van der Waals surface area contributed by atoms with Crippen molar-refractivity contribution in [2.24, 2.45) is 34.5 Å². The number of rotatable bonds is 3. The lowest BCUT2D eigenvalue weighted by Crippen LogP contribution is -2.54. The van der Waals surface area contributed by atoms with Gasteiger partial charge in [-0.15, -0.1) is 0 Å². The van der Waals surface area contributed by atoms with Gasteiger partial charge in [-0.05, 0) is 80.5 Å². The van der Waals surface area contributed by atoms with Crippen LogP contribution in [0, 0.1) is 34.5 Å². The summed E-state index contributed by atoms with van der Waals surface area (Å²) >= 11 is 0. The molecule has 2 N–H and O–H groups in total. The highest BCUT2D eigenvalue weighted by Gasteiger charge is 2.60. The fourth-order valence-electron chi connectivity index (χ4n) is 7.46. The van der Waals surface area contributed by atoms with E-state index in [1.54, 1.807) is 6.92 Å². The van der Waals surface area contributed by atoms with Crippen molar-refractivity contribution in [2.45, 2.75) is 77.9 Å². The van der Waals surface area contributed by atoms with Crippen molar-refractivity contribution in [1.82, 2.24) is 0 Å². The predicted octanol–water partition coefficient (Wildman–Crippen LogP) is 3.31. The smallest absolute Gasteiger partial charge is 0.393 e. The quantitative estimate of drug-likeness (QED) is 0.545. The Morgan fingerprint density at radius 3 is 2.54 bits per heavy atom. The standard InChI is InChI=1S/C21H32O6S/c1-12(22)15-4-5-16-14-11-19(23)18-10-13(27-28(24,25)26)6-8-21(18,3)17(14)7-9-20(15,16)2/h7,13-16,18-19,23H,4-6,8-11H2,1-3H3,(H,24,25,26)/t13-,14-,15+,16-,18+,19-,20+,21+/m0/s1. The van der Waals surface area contributed by atoms with Crippen LogP contribution in [0.25, 0.3) is 0 Å². The lowest BCUT2D eigenvalue weighted by Gasteiger charge is -2.58. The van der Waals surface area contributed by atoms with Gasteiger partial charge in [0.2, 0.25) is 0 Å². The van der Waals surface area contributed by atoms with E-state index in [0.29, 0.717) is 31.1 Å². The summed E-state index contributed by atoms with van der Waals surface area (Å²) in [5.74, 6) is 1.02. The molecule has 0 amide bonds. The van der Waals surface area contributed by atoms with Gasteiger partial charge >= 0.3 is 10.4 Å². The first kappa shape index (κ1) is 20.5. The SMILES string of the molecule is CC(=O)[C@H]1CC[C@H]2[C@@H]3C[C@H](O)[C@H]4C[C@@H](OS(=O)(=O)O)CC[C@]4(C)C3=CC[C@]12C. The average molecular weight is 413 g/mol. The van der Waals surface area contributed by atoms with Gasteiger partial charge in [0.05, 0.1) is 12.2 Å². The maximum atomic E-state index is 12.2. The predicted molar refractivity (Wildman–Crippen MR) is 104 cm³/mol. The van der Waals surface area contributed by atoms with E-state index in [0.717, 1.165) is 25.7 Å². The van der Waals surface area contributed by atoms with E-state index in [1.165, 1.54) is 5.57 Å². The number of carbonyl (C=O) groups excluding carboxylic acids is 1. The number of allylic oxidation sites excluding steroid dienone is 2. The number of fused-ring (bicyclic) bond motifs is 5. The van der Waals surface area contributed by atoms with Gasteiger partial charge in [-0.2, -0.15) is 8.42 Å². The molecule has 158 valence electrons. The number of aliphatic hydroxyl groups is 1. The van der Waals surface area contributed by atoms with E-state index in [-0.39, 0.29) is 28.4 Å². The molecule has 6 nitrogen and oxygen atoms in total. The van der Waals surface area contributed by atoms with Crippen LogP contribution in [0.1, 0.15) is 65.7 Å². The number of aliphatic hydroxyl groups excluding tert-OH is 1. The van der Waals surface area contributed by atoms with E-state index < -0.39 is 22.6 Å². The van der Waals surface area contributed by atoms with Crippen LogP contribution in [0.5, 0.6) is 0 Å². The second kappa shape index (κ2) is 6.62. The molecule has 0 aromatic rings. The zero-order chi connectivity index (χ0) is 20.5. The minimum atomic E-state index is -4.48. The van der Waals surface area contributed by atoms with Gasteiger partial charge in [-0.3, -0.25) is 9.35 Å². The van der Waals surface area contributed by atoms with Crippen LogP contribution in [0.3, 0.4) is 0 Å². The molecular formula is C21H32O6S. The normalized spacial score (nSPS) is 48.2. The lowest BCUT2D eigenvalue weighted by atomic mass is 9.48. The van der Waals surface area contributed by atoms with Gasteiger partial charge in [0, 0.05) is 5.92 Å². The molecule has 3 fully saturated rings. The zero-order valence-corrected chi connectivity index (χ0v) is 17.7. The van der Waals surface area contributed by atoms with Crippen molar-refractivity contribution in [3.63, 3.8) is 0 Å². The first-order valence-electron chi connectivity index (χ1n) is 10.5. The third kappa shape index (κ3) is 3.09. The van der Waals surface area contributed by atoms with Crippen LogP contribution in [0.2, 0.25) is 0 Å². The Bertz CT molecular complexity index is 804. The molecule has 0 spiro atoms. The summed E-state index contributed by atoms with van der Waals surface area (Å²) in [6.07, 6.45) is 6.47. The number of carbonyl (C=O) groups is 1. The highest BCUT2D eigenvalue weighted by Crippen LogP contribution is 2.65. The third-order valence-corrected chi connectivity index (χ3v) is 9.26. The second-order valence-corrected chi connectivity index (χ2v) is 11.1. The molecule has 0 aliphatic heterocycles. The largest absolute Gasteiger partial charge is 0.397 e. The fraction of sp³-hybridized carbons (Fsp3) is 0.857. The van der Waals surface area contributed by atoms with Crippen molar-refractivity contribution in [2.75, 3.05) is 0 Å². The molecule has 4 aliphatic rings. The molecule has 3 saturated carbocycles. The summed E-state index contributed by atoms with van der Waals surface area (Å²) < 4.78 is 36.1. The maximum Gasteiger partial charge on any atom is 0.397 e. The molecule has 0 unspecified atom stereocenters. The molecule has 4 rings (SSSR count). The van der Waals surface area contributed by atoms with E-state index >= 15 is 0 Å². The number of hydrogen-bond acceptors (Lipinski definition) is 5. The topological polar surface area (TPSA) is 101 Å². The molecule has 0 aromatic carbocycles. The monoisotopic (exact) mass is 412 g/mol. The molecule has 0 radical (unpaired) electrons. The minimum Gasteiger partial charge on any atom is -0.393 e. The highest BCUT2D eigenvalue weighted by molar-refractivity contribution is 7.80. The van der Waals surface area contributed by atoms with Crippen LogP contribution >= 0.6 is 0 Å². The summed E-state index contributed by atoms with van der Waals surface area (Å²) in [5.41, 5.74) is 1.20. The van der Waals surface area contributed by atoms with Gasteiger partial charge < -0.3 is 5.11 Å². The summed E-state index contributed by atoms with van der Waals surface area (Å²) in [7, 11) is -4.48. The Kier molecular flexibility index (Phi) is 4.85. The first-order valence-corrected chi connectivity index (χ1v) is 11.9. The summed E-state index contributed by atoms with van der Waals surface area (Å²) in [5, 5.41) is 11.0. The van der Waals surface area contributed by atoms with Crippen LogP contribution in [0.15, 0.2) is 11.6 Å². The molecule has 0 heterocycles. The van der Waals surface area contributed by atoms with E-state index in [1.807, 2.05) is 0 Å². The van der Waals surface area contributed by atoms with Crippen LogP contribution in [-0.2, 0) is 19.4 Å². The van der Waals surface area contributed by atoms with Gasteiger partial charge in [0.15, 0.2) is 0 Å². The van der Waals surface area contributed by atoms with E-state index in [4.69, 9.17) is 8.74 Å². The highest BCUT2D eigenvalue weighted by atomic mass is 32.3. The number of ketones is 1. The Hall–Kier alpha value is -0.760. The second-order valence-electron chi connectivity index (χ2n) is 10.1. The first-order chi connectivity index (χ1) is 13.0. The molecule has 28 heavy (non-hydrogen) atoms. The van der Waals surface area contributed by atoms with Gasteiger partial charge in [-0.25, -0.2) is 4.18 Å². The number of Topliss-reactive ketones (excluding diaryl/α,β-unsaturated/α-hetero) is 1. The third-order valence-electron chi connectivity index (χ3n) is 8.75. The molecule has 0 aromatic heterocycles. The maximum absolute atomic E-state index is 12.2. The summed E-state index contributed by atoms with van der Waals surface area (Å²) in [6.45, 7) is 6.16. The fourth-order valence-corrected chi connectivity index (χ4v) is 7.98. The zero-order valence-electron chi connectivity index (χ0n) is 16.9. The Labute approximate surface area is 167 Å². The van der Waals surface area contributed by atoms with Crippen molar-refractivity contribution >= 4 is 16.2 Å². The molecule has 0 bridgehead atoms. The Morgan fingerprint density at radius 1 is 1.18 bits per heavy atom. The van der Waals surface area contributed by atoms with E-state index in [2.05, 4.69) is 19.9 Å². The molecular weight excluding hydrogens is 380 g/mol. The van der Waals surface area contributed by atoms with E-state index in [9.17, 15) is 18.3 Å². The van der Waals surface area contributed by atoms with Crippen LogP contribution in [-0.4, -0.2) is 36.1 Å². The summed E-state index contributed by atoms with van der Waals surface area (Å²) in [4.78, 5) is 12.2. The van der Waals surface area contributed by atoms with Crippen LogP contribution in [0.4, 0.5) is 0 Å². The average Bonchev–Trinajstić information content (AvgIpc) is 2.92. The molecule has 7 heteroatoms. The van der Waals surface area contributed by atoms with Crippen LogP contribution < -0.4 is 0 Å². The number of hydrogen-bond donors (Lipinski definition) is 2. The lowest BCUT2D eigenvalue weighted by molar-refractivity contribution is -0.125. The molecule has 0 saturated heterocycles. The van der Waals surface area contributed by atoms with Crippen molar-refractivity contribution in [1.29, 1.82) is 0 Å². The van der Waals surface area contributed by atoms with Gasteiger partial charge in [0.1, 0.15) is 5.78 Å². The molecule has 8 atom stereocenters. The van der Waals surface area contributed by atoms with Crippen molar-refractivity contribution in [3.05, 3.63) is 11.6 Å². The minimum absolute atomic E-state index is 0.0196. The Balaban J connectivity index is 1.63. The molecule has 4 aliphatic carbocycles. The van der Waals surface area contributed by atoms with Crippen molar-refractivity contribution in [3.8, 4) is 0 Å². The van der Waals surface area contributed by atoms with Gasteiger partial charge in [0.25, 0.3) is 0 Å². The Morgan fingerprint density at radius 2 is 1.89 bits per heavy atom. The van der Waals surface area contributed by atoms with Gasteiger partial charge in [-0.1, -0.05) is 25.5 Å². The van der Waals surface area contributed by atoms with Crippen molar-refractivity contribution < 1.29 is 27.1 Å². The summed E-state index contributed by atoms with van der Waals surface area (Å²) in [6, 6.07) is 0.